The molecule has 12 heteroatoms. The van der Waals surface area contributed by atoms with Crippen LogP contribution in [0, 0.1) is 25.7 Å². The van der Waals surface area contributed by atoms with Gasteiger partial charge in [-0.3, -0.25) is 24.4 Å². The van der Waals surface area contributed by atoms with Gasteiger partial charge in [-0.2, -0.15) is 0 Å². The van der Waals surface area contributed by atoms with Crippen molar-refractivity contribution in [2.24, 2.45) is 18.9 Å². The smallest absolute Gasteiger partial charge is 0.306 e. The van der Waals surface area contributed by atoms with Gasteiger partial charge in [-0.05, 0) is 104 Å². The summed E-state index contributed by atoms with van der Waals surface area (Å²) in [6.45, 7) is 9.00. The molecule has 4 N–H and O–H groups in total. The molecule has 5 heterocycles. The van der Waals surface area contributed by atoms with Crippen molar-refractivity contribution < 1.29 is 19.8 Å². The molecule has 1 amide bonds. The molecule has 2 aliphatic heterocycles. The predicted molar refractivity (Wildman–Crippen MR) is 213 cm³/mol. The summed E-state index contributed by atoms with van der Waals surface area (Å²) in [5, 5.41) is 27.0. The van der Waals surface area contributed by atoms with Crippen molar-refractivity contribution >= 4 is 40.0 Å². The Morgan fingerprint density at radius 2 is 1.65 bits per heavy atom. The number of nitrogens with one attached hydrogen (secondary N) is 2. The van der Waals surface area contributed by atoms with E-state index in [4.69, 9.17) is 9.97 Å². The monoisotopic (exact) mass is 742 g/mol. The Labute approximate surface area is 321 Å². The molecule has 3 aromatic heterocycles. The highest BCUT2D eigenvalue weighted by molar-refractivity contribution is 6.03. The minimum Gasteiger partial charge on any atom is -0.481 e. The van der Waals surface area contributed by atoms with E-state index >= 15 is 0 Å². The topological polar surface area (TPSA) is 149 Å². The van der Waals surface area contributed by atoms with Gasteiger partial charge in [0, 0.05) is 87.6 Å². The first-order valence-corrected chi connectivity index (χ1v) is 19.5. The van der Waals surface area contributed by atoms with Crippen LogP contribution in [0.3, 0.4) is 0 Å². The summed E-state index contributed by atoms with van der Waals surface area (Å²) in [7, 11) is 1.93. The van der Waals surface area contributed by atoms with Gasteiger partial charge in [0.15, 0.2) is 11.6 Å². The summed E-state index contributed by atoms with van der Waals surface area (Å²) in [4.78, 5) is 44.2. The van der Waals surface area contributed by atoms with E-state index in [0.717, 1.165) is 126 Å². The number of fused-ring (bicyclic) bond motifs is 2. The summed E-state index contributed by atoms with van der Waals surface area (Å²) >= 11 is 0. The SMILES string of the molecule is Cc1c(NC(=O)c2nc3c(n2C)CCN(CC2CCC(C(=O)O)CC2)C3)cccc1-c1cccc(Nc2nccc3cc(CN4CC[C@@H](O)C4)cnc23)c1C. The number of pyridine rings is 2. The average Bonchev–Trinajstić information content (AvgIpc) is 3.74. The van der Waals surface area contributed by atoms with Gasteiger partial charge in [0.25, 0.3) is 5.91 Å². The number of carboxylic acid groups (broad SMARTS) is 1. The highest BCUT2D eigenvalue weighted by Crippen LogP contribution is 2.36. The minimum atomic E-state index is -0.668. The first-order chi connectivity index (χ1) is 26.6. The Kier molecular flexibility index (Phi) is 10.4. The molecule has 2 fully saturated rings. The highest BCUT2D eigenvalue weighted by Gasteiger charge is 2.30. The Bertz CT molecular complexity index is 2240. The van der Waals surface area contributed by atoms with Gasteiger partial charge in [0.2, 0.25) is 0 Å². The molecule has 0 radical (unpaired) electrons. The standard InChI is InChI=1S/C43H50N8O4/c1-26-33(6-4-8-35(26)46-40-39-31(14-17-44-40)20-29(21-45-39)23-50-18-15-32(52)24-50)34-7-5-9-36(27(34)2)48-42(53)41-47-37-25-51(19-16-38(37)49(41)3)22-28-10-12-30(13-11-28)43(54)55/h4-9,14,17,20-21,28,30,32,52H,10-13,15-16,18-19,22-25H2,1-3H3,(H,44,46)(H,48,53)(H,54,55)/t28?,30?,32-/m1/s1. The number of carbonyl (C=O) groups excluding carboxylic acids is 1. The molecule has 1 saturated carbocycles. The van der Waals surface area contributed by atoms with Crippen LogP contribution in [-0.2, 0) is 31.4 Å². The molecule has 8 rings (SSSR count). The van der Waals surface area contributed by atoms with Gasteiger partial charge in [0.05, 0.1) is 17.7 Å². The molecular formula is C43H50N8O4. The number of carboxylic acids is 1. The number of aliphatic carboxylic acids is 1. The number of imidazole rings is 1. The van der Waals surface area contributed by atoms with E-state index in [1.807, 2.05) is 55.1 Å². The zero-order valence-corrected chi connectivity index (χ0v) is 31.9. The van der Waals surface area contributed by atoms with Crippen molar-refractivity contribution in [1.82, 2.24) is 29.3 Å². The van der Waals surface area contributed by atoms with Crippen LogP contribution in [0.5, 0.6) is 0 Å². The van der Waals surface area contributed by atoms with Gasteiger partial charge in [0.1, 0.15) is 5.52 Å². The number of benzene rings is 2. The molecule has 286 valence electrons. The molecule has 1 saturated heterocycles. The van der Waals surface area contributed by atoms with E-state index in [9.17, 15) is 19.8 Å². The number of hydrogen-bond donors (Lipinski definition) is 4. The van der Waals surface area contributed by atoms with E-state index in [-0.39, 0.29) is 17.9 Å². The van der Waals surface area contributed by atoms with Crippen molar-refractivity contribution in [3.8, 4) is 11.1 Å². The van der Waals surface area contributed by atoms with Crippen LogP contribution >= 0.6 is 0 Å². The summed E-state index contributed by atoms with van der Waals surface area (Å²) in [5.74, 6) is 0.477. The lowest BCUT2D eigenvalue weighted by Crippen LogP contribution is -2.36. The number of aromatic nitrogens is 4. The highest BCUT2D eigenvalue weighted by atomic mass is 16.4. The fraction of sp³-hybridized carbons (Fsp3) is 0.419. The molecule has 0 spiro atoms. The third-order valence-electron chi connectivity index (χ3n) is 12.0. The van der Waals surface area contributed by atoms with Crippen LogP contribution in [0.4, 0.5) is 17.2 Å². The number of rotatable bonds is 10. The first kappa shape index (κ1) is 36.8. The number of nitrogens with zero attached hydrogens (tertiary/aromatic N) is 6. The molecule has 3 aliphatic rings. The lowest BCUT2D eigenvalue weighted by molar-refractivity contribution is -0.143. The summed E-state index contributed by atoms with van der Waals surface area (Å²) in [6, 6.07) is 16.3. The first-order valence-electron chi connectivity index (χ1n) is 19.5. The molecule has 2 aromatic carbocycles. The number of carbonyl (C=O) groups is 2. The maximum Gasteiger partial charge on any atom is 0.306 e. The van der Waals surface area contributed by atoms with Crippen LogP contribution < -0.4 is 10.6 Å². The molecule has 0 unspecified atom stereocenters. The van der Waals surface area contributed by atoms with Crippen LogP contribution in [0.1, 0.15) is 70.8 Å². The molecule has 5 aromatic rings. The largest absolute Gasteiger partial charge is 0.481 e. The Morgan fingerprint density at radius 3 is 2.38 bits per heavy atom. The Morgan fingerprint density at radius 1 is 0.909 bits per heavy atom. The third kappa shape index (κ3) is 7.71. The van der Waals surface area contributed by atoms with Gasteiger partial charge in [-0.25, -0.2) is 9.97 Å². The lowest BCUT2D eigenvalue weighted by Gasteiger charge is -2.33. The molecular weight excluding hydrogens is 693 g/mol. The Hall–Kier alpha value is -5.17. The zero-order valence-electron chi connectivity index (χ0n) is 31.9. The van der Waals surface area contributed by atoms with Crippen molar-refractivity contribution in [2.75, 3.05) is 36.8 Å². The van der Waals surface area contributed by atoms with Crippen LogP contribution in [0.2, 0.25) is 0 Å². The maximum absolute atomic E-state index is 13.8. The number of likely N-dealkylation sites (tertiary alicyclic amines) is 1. The van der Waals surface area contributed by atoms with E-state index < -0.39 is 5.97 Å². The van der Waals surface area contributed by atoms with E-state index in [1.54, 1.807) is 6.20 Å². The fourth-order valence-corrected chi connectivity index (χ4v) is 8.83. The molecule has 1 atom stereocenters. The second-order valence-electron chi connectivity index (χ2n) is 15.7. The third-order valence-corrected chi connectivity index (χ3v) is 12.0. The van der Waals surface area contributed by atoms with Gasteiger partial charge >= 0.3 is 5.97 Å². The fourth-order valence-electron chi connectivity index (χ4n) is 8.83. The van der Waals surface area contributed by atoms with Crippen molar-refractivity contribution in [1.29, 1.82) is 0 Å². The lowest BCUT2D eigenvalue weighted by atomic mass is 9.81. The van der Waals surface area contributed by atoms with Crippen molar-refractivity contribution in [3.63, 3.8) is 0 Å². The van der Waals surface area contributed by atoms with E-state index in [1.165, 1.54) is 0 Å². The quantitative estimate of drug-likeness (QED) is 0.126. The van der Waals surface area contributed by atoms with Crippen LogP contribution in [-0.4, -0.2) is 83.7 Å². The minimum absolute atomic E-state index is 0.204. The normalized spacial score (nSPS) is 20.4. The van der Waals surface area contributed by atoms with Crippen molar-refractivity contribution in [3.05, 3.63) is 94.8 Å². The van der Waals surface area contributed by atoms with Gasteiger partial charge in [-0.15, -0.1) is 0 Å². The number of aliphatic hydroxyl groups is 1. The van der Waals surface area contributed by atoms with Crippen molar-refractivity contribution in [2.45, 2.75) is 71.6 Å². The summed E-state index contributed by atoms with van der Waals surface area (Å²) < 4.78 is 1.94. The van der Waals surface area contributed by atoms with Gasteiger partial charge in [-0.1, -0.05) is 24.3 Å². The number of aliphatic hydroxyl groups excluding tert-OH is 1. The molecule has 55 heavy (non-hydrogen) atoms. The second-order valence-corrected chi connectivity index (χ2v) is 15.7. The number of hydrogen-bond acceptors (Lipinski definition) is 9. The molecule has 0 bridgehead atoms. The van der Waals surface area contributed by atoms with Crippen LogP contribution in [0.25, 0.3) is 22.0 Å². The summed E-state index contributed by atoms with van der Waals surface area (Å²) in [5.41, 5.74) is 9.68. The maximum atomic E-state index is 13.8. The molecule has 1 aliphatic carbocycles. The number of anilines is 3. The van der Waals surface area contributed by atoms with Gasteiger partial charge < -0.3 is 25.4 Å². The number of amides is 1. The second kappa shape index (κ2) is 15.5. The van der Waals surface area contributed by atoms with E-state index in [0.29, 0.717) is 30.6 Å². The predicted octanol–water partition coefficient (Wildman–Crippen LogP) is 6.46. The average molecular weight is 743 g/mol. The Balaban J connectivity index is 0.959. The zero-order chi connectivity index (χ0) is 38.2. The summed E-state index contributed by atoms with van der Waals surface area (Å²) in [6.07, 6.45) is 8.49. The van der Waals surface area contributed by atoms with E-state index in [2.05, 4.69) is 50.5 Å². The molecule has 12 nitrogen and oxygen atoms in total. The van der Waals surface area contributed by atoms with Crippen LogP contribution in [0.15, 0.2) is 60.9 Å². The number of β-amino-alcohol motifs (C(OH)–C–C–N with tert-alkyl or cyclic N) is 1.